The third-order valence-electron chi connectivity index (χ3n) is 3.57. The van der Waals surface area contributed by atoms with Gasteiger partial charge in [-0.15, -0.1) is 0 Å². The number of hydrogen-bond donors (Lipinski definition) is 1. The topological polar surface area (TPSA) is 78.8 Å². The predicted octanol–water partition coefficient (Wildman–Crippen LogP) is 2.90. The summed E-state index contributed by atoms with van der Waals surface area (Å²) < 4.78 is 102. The van der Waals surface area contributed by atoms with Gasteiger partial charge in [0, 0.05) is 11.2 Å². The first-order valence-electron chi connectivity index (χ1n) is 6.55. The molecule has 2 heterocycles. The van der Waals surface area contributed by atoms with E-state index in [1.807, 2.05) is 0 Å². The summed E-state index contributed by atoms with van der Waals surface area (Å²) in [5, 5.41) is 0.0275. The summed E-state index contributed by atoms with van der Waals surface area (Å²) in [7, 11) is -3.67. The molecule has 1 N–H and O–H groups in total. The highest BCUT2D eigenvalue weighted by Crippen LogP contribution is 2.50. The number of carbonyl (C=O) groups is 1. The van der Waals surface area contributed by atoms with E-state index >= 15 is 0 Å². The number of carbonyl (C=O) groups excluding carboxylic acids is 1. The van der Waals surface area contributed by atoms with Crippen LogP contribution in [0.2, 0.25) is 0 Å². The van der Waals surface area contributed by atoms with E-state index in [-0.39, 0.29) is 15.5 Å². The summed E-state index contributed by atoms with van der Waals surface area (Å²) in [5.74, 6) is 0. The van der Waals surface area contributed by atoms with Gasteiger partial charge in [-0.25, -0.2) is 23.1 Å². The van der Waals surface area contributed by atoms with Gasteiger partial charge < -0.3 is 0 Å². The van der Waals surface area contributed by atoms with Gasteiger partial charge in [0.15, 0.2) is 15.0 Å². The number of nitrogens with one attached hydrogen (secondary N) is 1. The number of sulfone groups is 1. The maximum Gasteiger partial charge on any atom is 0.441 e. The van der Waals surface area contributed by atoms with Gasteiger partial charge in [0.25, 0.3) is 0 Å². The van der Waals surface area contributed by atoms with Crippen molar-refractivity contribution >= 4 is 38.5 Å². The zero-order chi connectivity index (χ0) is 19.7. The summed E-state index contributed by atoms with van der Waals surface area (Å²) in [5.41, 5.74) is -4.85. The fourth-order valence-electron chi connectivity index (χ4n) is 2.32. The molecule has 14 heteroatoms. The molecule has 0 unspecified atom stereocenters. The number of benzene rings is 1. The van der Waals surface area contributed by atoms with Gasteiger partial charge in [-0.2, -0.15) is 26.3 Å². The molecular formula is C12H7F6N3O3S2. The number of amides is 2. The van der Waals surface area contributed by atoms with Crippen LogP contribution in [-0.2, 0) is 9.84 Å². The third kappa shape index (κ3) is 2.62. The fourth-order valence-corrected chi connectivity index (χ4v) is 4.14. The second-order valence-electron chi connectivity index (χ2n) is 5.37. The molecule has 0 aromatic heterocycles. The Kier molecular flexibility index (Phi) is 3.82. The fraction of sp³-hybridized carbons (Fsp3) is 0.333. The average molecular weight is 419 g/mol. The number of thioether (sulfide) groups is 1. The van der Waals surface area contributed by atoms with E-state index in [0.717, 1.165) is 29.8 Å². The lowest BCUT2D eigenvalue weighted by atomic mass is 10.1. The SMILES string of the molecule is CS(=O)(=O)c1ccc2c(c1)SC1=NC(C(F)(F)F)(C(F)(F)F)NC(=O)N12. The molecule has 1 aromatic carbocycles. The summed E-state index contributed by atoms with van der Waals surface area (Å²) in [6, 6.07) is 1.56. The van der Waals surface area contributed by atoms with Crippen LogP contribution in [0.1, 0.15) is 0 Å². The van der Waals surface area contributed by atoms with E-state index < -0.39 is 39.1 Å². The van der Waals surface area contributed by atoms with E-state index in [1.165, 1.54) is 0 Å². The standard InChI is InChI=1S/C12H7F6N3O3S2/c1-26(23,24)5-2-3-6-7(4-5)25-9-20-10(11(13,14)15,12(16,17)18)19-8(22)21(6)9/h2-4H,1H3,(H,19,22). The minimum atomic E-state index is -5.94. The highest BCUT2D eigenvalue weighted by molar-refractivity contribution is 8.15. The van der Waals surface area contributed by atoms with Gasteiger partial charge in [-0.3, -0.25) is 5.32 Å². The van der Waals surface area contributed by atoms with E-state index in [0.29, 0.717) is 16.7 Å². The first-order chi connectivity index (χ1) is 11.7. The van der Waals surface area contributed by atoms with Crippen LogP contribution in [0.25, 0.3) is 0 Å². The molecule has 0 fully saturated rings. The number of halogens is 6. The number of urea groups is 1. The highest BCUT2D eigenvalue weighted by Gasteiger charge is 2.75. The van der Waals surface area contributed by atoms with Gasteiger partial charge in [-0.05, 0) is 30.0 Å². The van der Waals surface area contributed by atoms with Crippen molar-refractivity contribution in [3.8, 4) is 0 Å². The number of fused-ring (bicyclic) bond motifs is 3. The molecular weight excluding hydrogens is 412 g/mol. The molecule has 2 aliphatic heterocycles. The van der Waals surface area contributed by atoms with Crippen molar-refractivity contribution in [3.63, 3.8) is 0 Å². The zero-order valence-corrected chi connectivity index (χ0v) is 14.1. The number of nitrogens with zero attached hydrogens (tertiary/aromatic N) is 2. The molecule has 142 valence electrons. The van der Waals surface area contributed by atoms with Crippen LogP contribution in [0.15, 0.2) is 33.0 Å². The molecule has 1 aromatic rings. The Morgan fingerprint density at radius 1 is 1.15 bits per heavy atom. The summed E-state index contributed by atoms with van der Waals surface area (Å²) in [4.78, 5) is 15.1. The molecule has 0 radical (unpaired) electrons. The van der Waals surface area contributed by atoms with Crippen molar-refractivity contribution < 1.29 is 39.6 Å². The lowest BCUT2D eigenvalue weighted by molar-refractivity contribution is -0.301. The summed E-state index contributed by atoms with van der Waals surface area (Å²) in [6.07, 6.45) is -11.0. The summed E-state index contributed by atoms with van der Waals surface area (Å²) in [6.45, 7) is 0. The average Bonchev–Trinajstić information content (AvgIpc) is 2.81. The van der Waals surface area contributed by atoms with Crippen LogP contribution in [0.5, 0.6) is 0 Å². The quantitative estimate of drug-likeness (QED) is 0.710. The largest absolute Gasteiger partial charge is 0.441 e. The van der Waals surface area contributed by atoms with E-state index in [1.54, 1.807) is 0 Å². The Morgan fingerprint density at radius 3 is 2.23 bits per heavy atom. The van der Waals surface area contributed by atoms with Gasteiger partial charge >= 0.3 is 24.0 Å². The van der Waals surface area contributed by atoms with Crippen LogP contribution in [0, 0.1) is 0 Å². The second kappa shape index (κ2) is 5.28. The van der Waals surface area contributed by atoms with Crippen molar-refractivity contribution in [3.05, 3.63) is 18.2 Å². The van der Waals surface area contributed by atoms with Gasteiger partial charge in [0.1, 0.15) is 0 Å². The van der Waals surface area contributed by atoms with Crippen LogP contribution in [0.3, 0.4) is 0 Å². The number of hydrogen-bond acceptors (Lipinski definition) is 5. The molecule has 0 saturated carbocycles. The normalized spacial score (nSPS) is 19.6. The number of amidine groups is 1. The molecule has 6 nitrogen and oxygen atoms in total. The van der Waals surface area contributed by atoms with Crippen molar-refractivity contribution in [2.24, 2.45) is 4.99 Å². The van der Waals surface area contributed by atoms with Crippen LogP contribution >= 0.6 is 11.8 Å². The van der Waals surface area contributed by atoms with Crippen molar-refractivity contribution in [2.45, 2.75) is 27.8 Å². The van der Waals surface area contributed by atoms with Crippen molar-refractivity contribution in [1.29, 1.82) is 0 Å². The maximum absolute atomic E-state index is 13.1. The Hall–Kier alpha value is -1.96. The van der Waals surface area contributed by atoms with Gasteiger partial charge in [-0.1, -0.05) is 0 Å². The van der Waals surface area contributed by atoms with E-state index in [2.05, 4.69) is 4.99 Å². The lowest BCUT2D eigenvalue weighted by Gasteiger charge is -2.39. The Balaban J connectivity index is 2.17. The minimum absolute atomic E-state index is 0.0121. The van der Waals surface area contributed by atoms with Crippen LogP contribution in [-0.4, -0.2) is 43.9 Å². The van der Waals surface area contributed by atoms with Crippen molar-refractivity contribution in [1.82, 2.24) is 5.32 Å². The number of aliphatic imine (C=N–C) groups is 1. The summed E-state index contributed by atoms with van der Waals surface area (Å²) >= 11 is 0.339. The zero-order valence-electron chi connectivity index (χ0n) is 12.4. The molecule has 0 atom stereocenters. The Morgan fingerprint density at radius 2 is 1.73 bits per heavy atom. The molecule has 0 bridgehead atoms. The highest BCUT2D eigenvalue weighted by atomic mass is 32.2. The van der Waals surface area contributed by atoms with E-state index in [4.69, 9.17) is 0 Å². The number of anilines is 1. The Labute approximate surface area is 146 Å². The van der Waals surface area contributed by atoms with E-state index in [9.17, 15) is 39.6 Å². The first kappa shape index (κ1) is 18.8. The van der Waals surface area contributed by atoms with Crippen molar-refractivity contribution in [2.75, 3.05) is 11.2 Å². The molecule has 0 saturated heterocycles. The monoisotopic (exact) mass is 419 g/mol. The smallest absolute Gasteiger partial charge is 0.297 e. The number of alkyl halides is 6. The Bertz CT molecular complexity index is 925. The van der Waals surface area contributed by atoms with Crippen LogP contribution < -0.4 is 10.2 Å². The van der Waals surface area contributed by atoms with Gasteiger partial charge in [0.05, 0.1) is 10.6 Å². The predicted molar refractivity (Wildman–Crippen MR) is 78.7 cm³/mol. The molecule has 0 spiro atoms. The number of rotatable bonds is 1. The van der Waals surface area contributed by atoms with Gasteiger partial charge in [0.2, 0.25) is 0 Å². The molecule has 0 aliphatic carbocycles. The molecule has 2 aliphatic rings. The maximum atomic E-state index is 13.1. The lowest BCUT2D eigenvalue weighted by Crippen LogP contribution is -2.71. The molecule has 26 heavy (non-hydrogen) atoms. The third-order valence-corrected chi connectivity index (χ3v) is 5.68. The first-order valence-corrected chi connectivity index (χ1v) is 9.26. The minimum Gasteiger partial charge on any atom is -0.297 e. The molecule has 3 rings (SSSR count). The van der Waals surface area contributed by atoms with Crippen LogP contribution in [0.4, 0.5) is 36.8 Å². The second-order valence-corrected chi connectivity index (χ2v) is 8.39. The molecule has 2 amide bonds.